The first kappa shape index (κ1) is 31.7. The topological polar surface area (TPSA) is 98.7 Å². The Labute approximate surface area is 276 Å². The summed E-state index contributed by atoms with van der Waals surface area (Å²) in [5.41, 5.74) is 5.11. The zero-order valence-corrected chi connectivity index (χ0v) is 28.0. The normalized spacial score (nSPS) is 11.2. The van der Waals surface area contributed by atoms with Gasteiger partial charge in [0.1, 0.15) is 12.4 Å². The van der Waals surface area contributed by atoms with Crippen LogP contribution in [0.3, 0.4) is 0 Å². The summed E-state index contributed by atoms with van der Waals surface area (Å²) >= 11 is 2.20. The average Bonchev–Trinajstić information content (AvgIpc) is 3.04. The molecule has 0 aliphatic carbocycles. The van der Waals surface area contributed by atoms with Gasteiger partial charge in [-0.25, -0.2) is 4.98 Å². The minimum Gasteiger partial charge on any atom is -0.496 e. The summed E-state index contributed by atoms with van der Waals surface area (Å²) in [6.45, 7) is 8.72. The van der Waals surface area contributed by atoms with Gasteiger partial charge in [-0.3, -0.25) is 4.79 Å². The standard InChI is InChI=1S/C36H33IN4O4/c1-6-44-33-17-24(16-30(37)34(33)45-21-26-12-8-7-11-25(26)19-38)20-39-41-35(40-31-14-10-9-13-27(31)36(41)42)29-18-28(22(2)3)32(43-5)15-23(29)4/h7-18,20,22H,6,21H2,1-5H3. The molecule has 0 bridgehead atoms. The van der Waals surface area contributed by atoms with Crippen molar-refractivity contribution in [3.8, 4) is 34.7 Å². The van der Waals surface area contributed by atoms with Gasteiger partial charge in [-0.05, 0) is 102 Å². The van der Waals surface area contributed by atoms with Crippen molar-refractivity contribution in [2.75, 3.05) is 13.7 Å². The molecule has 4 aromatic carbocycles. The molecule has 8 nitrogen and oxygen atoms in total. The Morgan fingerprint density at radius 1 is 1.04 bits per heavy atom. The summed E-state index contributed by atoms with van der Waals surface area (Å²) in [5, 5.41) is 14.6. The van der Waals surface area contributed by atoms with Crippen LogP contribution in [0.1, 0.15) is 54.5 Å². The van der Waals surface area contributed by atoms with Crippen LogP contribution < -0.4 is 19.8 Å². The van der Waals surface area contributed by atoms with Crippen molar-refractivity contribution in [3.63, 3.8) is 0 Å². The molecule has 5 rings (SSSR count). The van der Waals surface area contributed by atoms with Crippen molar-refractivity contribution in [1.82, 2.24) is 9.66 Å². The van der Waals surface area contributed by atoms with Crippen LogP contribution in [0.2, 0.25) is 0 Å². The zero-order chi connectivity index (χ0) is 32.1. The number of fused-ring (bicyclic) bond motifs is 1. The van der Waals surface area contributed by atoms with E-state index >= 15 is 0 Å². The predicted molar refractivity (Wildman–Crippen MR) is 186 cm³/mol. The summed E-state index contributed by atoms with van der Waals surface area (Å²) in [7, 11) is 1.66. The van der Waals surface area contributed by atoms with E-state index in [0.29, 0.717) is 46.0 Å². The van der Waals surface area contributed by atoms with Crippen LogP contribution in [0.5, 0.6) is 17.2 Å². The van der Waals surface area contributed by atoms with Crippen LogP contribution in [-0.2, 0) is 6.61 Å². The molecular formula is C36H33IN4O4. The van der Waals surface area contributed by atoms with E-state index in [9.17, 15) is 10.1 Å². The number of nitriles is 1. The highest BCUT2D eigenvalue weighted by Crippen LogP contribution is 2.36. The Kier molecular flexibility index (Phi) is 9.83. The van der Waals surface area contributed by atoms with Crippen LogP contribution >= 0.6 is 22.6 Å². The number of nitrogens with zero attached hydrogens (tertiary/aromatic N) is 4. The molecule has 0 aliphatic heterocycles. The highest BCUT2D eigenvalue weighted by atomic mass is 127. The minimum atomic E-state index is -0.274. The SMILES string of the molecule is CCOc1cc(C=Nn2c(-c3cc(C(C)C)c(OC)cc3C)nc3ccccc3c2=O)cc(I)c1OCc1ccccc1C#N. The molecule has 45 heavy (non-hydrogen) atoms. The fraction of sp³-hybridized carbons (Fsp3) is 0.222. The van der Waals surface area contributed by atoms with E-state index in [1.165, 1.54) is 4.68 Å². The fourth-order valence-corrected chi connectivity index (χ4v) is 5.85. The van der Waals surface area contributed by atoms with Gasteiger partial charge >= 0.3 is 0 Å². The first-order valence-electron chi connectivity index (χ1n) is 14.6. The van der Waals surface area contributed by atoms with Crippen molar-refractivity contribution < 1.29 is 14.2 Å². The Morgan fingerprint density at radius 2 is 1.80 bits per heavy atom. The smallest absolute Gasteiger partial charge is 0.282 e. The minimum absolute atomic E-state index is 0.191. The second-order valence-electron chi connectivity index (χ2n) is 10.7. The summed E-state index contributed by atoms with van der Waals surface area (Å²) in [4.78, 5) is 18.8. The molecule has 0 saturated heterocycles. The molecule has 228 valence electrons. The van der Waals surface area contributed by atoms with E-state index in [0.717, 1.165) is 31.6 Å². The Bertz CT molecular complexity index is 2010. The van der Waals surface area contributed by atoms with Gasteiger partial charge in [-0.2, -0.15) is 15.0 Å². The van der Waals surface area contributed by atoms with E-state index in [1.54, 1.807) is 25.5 Å². The molecule has 0 spiro atoms. The van der Waals surface area contributed by atoms with Gasteiger partial charge in [0.15, 0.2) is 17.3 Å². The van der Waals surface area contributed by atoms with Crippen molar-refractivity contribution in [2.45, 2.75) is 40.2 Å². The Hall–Kier alpha value is -4.69. The highest BCUT2D eigenvalue weighted by Gasteiger charge is 2.19. The van der Waals surface area contributed by atoms with Crippen LogP contribution in [-0.4, -0.2) is 29.6 Å². The van der Waals surface area contributed by atoms with Crippen LogP contribution in [0.4, 0.5) is 0 Å². The summed E-state index contributed by atoms with van der Waals surface area (Å²) in [6, 6.07) is 24.6. The van der Waals surface area contributed by atoms with Gasteiger partial charge in [0, 0.05) is 11.1 Å². The number of aryl methyl sites for hydroxylation is 1. The van der Waals surface area contributed by atoms with E-state index in [2.05, 4.69) is 42.5 Å². The first-order chi connectivity index (χ1) is 21.7. The van der Waals surface area contributed by atoms with Crippen molar-refractivity contribution in [1.29, 1.82) is 5.26 Å². The second kappa shape index (κ2) is 13.9. The number of hydrogen-bond acceptors (Lipinski definition) is 7. The van der Waals surface area contributed by atoms with E-state index in [-0.39, 0.29) is 18.1 Å². The molecule has 0 radical (unpaired) electrons. The van der Waals surface area contributed by atoms with Gasteiger partial charge in [0.2, 0.25) is 0 Å². The maximum Gasteiger partial charge on any atom is 0.282 e. The first-order valence-corrected chi connectivity index (χ1v) is 15.7. The molecule has 0 fully saturated rings. The molecule has 9 heteroatoms. The molecule has 1 heterocycles. The number of benzene rings is 4. The fourth-order valence-electron chi connectivity index (χ4n) is 5.07. The second-order valence-corrected chi connectivity index (χ2v) is 11.9. The quantitative estimate of drug-likeness (QED) is 0.108. The van der Waals surface area contributed by atoms with Crippen molar-refractivity contribution >= 4 is 39.7 Å². The molecule has 0 atom stereocenters. The summed E-state index contributed by atoms with van der Waals surface area (Å²) in [5.74, 6) is 2.53. The number of para-hydroxylation sites is 1. The number of rotatable bonds is 10. The van der Waals surface area contributed by atoms with Crippen LogP contribution in [0.25, 0.3) is 22.3 Å². The molecule has 0 aliphatic rings. The lowest BCUT2D eigenvalue weighted by Crippen LogP contribution is -2.21. The number of halogens is 1. The molecule has 0 unspecified atom stereocenters. The molecule has 0 amide bonds. The number of hydrogen-bond donors (Lipinski definition) is 0. The van der Waals surface area contributed by atoms with Crippen molar-refractivity contribution in [3.05, 3.63) is 115 Å². The van der Waals surface area contributed by atoms with E-state index in [4.69, 9.17) is 24.3 Å². The molecule has 1 aromatic heterocycles. The van der Waals surface area contributed by atoms with Crippen molar-refractivity contribution in [2.24, 2.45) is 5.10 Å². The Balaban J connectivity index is 1.60. The molecule has 0 saturated carbocycles. The average molecular weight is 713 g/mol. The lowest BCUT2D eigenvalue weighted by Gasteiger charge is -2.17. The highest BCUT2D eigenvalue weighted by molar-refractivity contribution is 14.1. The lowest BCUT2D eigenvalue weighted by atomic mass is 9.96. The third-order valence-corrected chi connectivity index (χ3v) is 8.16. The van der Waals surface area contributed by atoms with Crippen LogP contribution in [0.15, 0.2) is 82.7 Å². The van der Waals surface area contributed by atoms with Gasteiger partial charge < -0.3 is 14.2 Å². The summed E-state index contributed by atoms with van der Waals surface area (Å²) in [6.07, 6.45) is 1.63. The maximum absolute atomic E-state index is 13.9. The number of ether oxygens (including phenoxy) is 3. The molecular weight excluding hydrogens is 679 g/mol. The zero-order valence-electron chi connectivity index (χ0n) is 25.8. The lowest BCUT2D eigenvalue weighted by molar-refractivity contribution is 0.267. The van der Waals surface area contributed by atoms with Gasteiger partial charge in [-0.1, -0.05) is 44.2 Å². The number of aromatic nitrogens is 2. The number of methoxy groups -OCH3 is 1. The van der Waals surface area contributed by atoms with Gasteiger partial charge in [0.25, 0.3) is 5.56 Å². The molecule has 5 aromatic rings. The van der Waals surface area contributed by atoms with Gasteiger partial charge in [-0.15, -0.1) is 0 Å². The predicted octanol–water partition coefficient (Wildman–Crippen LogP) is 7.84. The maximum atomic E-state index is 13.9. The van der Waals surface area contributed by atoms with Crippen LogP contribution in [0, 0.1) is 21.8 Å². The summed E-state index contributed by atoms with van der Waals surface area (Å²) < 4.78 is 19.9. The molecule has 0 N–H and O–H groups in total. The largest absolute Gasteiger partial charge is 0.496 e. The van der Waals surface area contributed by atoms with E-state index < -0.39 is 0 Å². The monoisotopic (exact) mass is 712 g/mol. The third-order valence-electron chi connectivity index (χ3n) is 7.36. The third kappa shape index (κ3) is 6.71. The van der Waals surface area contributed by atoms with E-state index in [1.807, 2.05) is 74.5 Å². The Morgan fingerprint density at radius 3 is 2.53 bits per heavy atom. The van der Waals surface area contributed by atoms with Gasteiger partial charge in [0.05, 0.1) is 46.0 Å².